The molecule has 0 spiro atoms. The molecule has 2 aromatic rings. The lowest BCUT2D eigenvalue weighted by Gasteiger charge is -2.22. The van der Waals surface area contributed by atoms with Crippen molar-refractivity contribution in [1.29, 1.82) is 0 Å². The maximum Gasteiger partial charge on any atom is 0.194 e. The Balaban J connectivity index is 0.00000288. The van der Waals surface area contributed by atoms with Crippen molar-refractivity contribution >= 4 is 41.3 Å². The van der Waals surface area contributed by atoms with Crippen molar-refractivity contribution in [3.05, 3.63) is 34.5 Å². The van der Waals surface area contributed by atoms with Crippen LogP contribution in [-0.4, -0.2) is 45.8 Å². The number of aliphatic imine (C=N–C) groups is 1. The molecule has 24 heavy (non-hydrogen) atoms. The van der Waals surface area contributed by atoms with Gasteiger partial charge in [0.05, 0.1) is 6.54 Å². The third-order valence-electron chi connectivity index (χ3n) is 3.56. The largest absolute Gasteiger partial charge is 0.357 e. The summed E-state index contributed by atoms with van der Waals surface area (Å²) >= 11 is 1.81. The van der Waals surface area contributed by atoms with E-state index in [0.717, 1.165) is 31.3 Å². The van der Waals surface area contributed by atoms with Crippen molar-refractivity contribution in [2.75, 3.05) is 20.1 Å². The van der Waals surface area contributed by atoms with Crippen LogP contribution in [0.5, 0.6) is 0 Å². The SMILES string of the molecule is CCNC(=NCC(C)Cc1cccs1)N(C)Cc1ncnn1C.I. The quantitative estimate of drug-likeness (QED) is 0.391. The summed E-state index contributed by atoms with van der Waals surface area (Å²) in [6.45, 7) is 6.67. The van der Waals surface area contributed by atoms with E-state index in [1.165, 1.54) is 4.88 Å². The number of nitrogens with one attached hydrogen (secondary N) is 1. The number of aromatic nitrogens is 3. The molecule has 0 saturated heterocycles. The first-order valence-electron chi connectivity index (χ1n) is 7.94. The van der Waals surface area contributed by atoms with Gasteiger partial charge in [-0.3, -0.25) is 9.67 Å². The number of nitrogens with zero attached hydrogens (tertiary/aromatic N) is 5. The lowest BCUT2D eigenvalue weighted by Crippen LogP contribution is -2.39. The summed E-state index contributed by atoms with van der Waals surface area (Å²) in [6.07, 6.45) is 2.66. The highest BCUT2D eigenvalue weighted by molar-refractivity contribution is 14.0. The van der Waals surface area contributed by atoms with Crippen LogP contribution in [0.1, 0.15) is 24.5 Å². The molecule has 0 aliphatic heterocycles. The average Bonchev–Trinajstić information content (AvgIpc) is 3.16. The van der Waals surface area contributed by atoms with Crippen LogP contribution in [0.4, 0.5) is 0 Å². The number of aryl methyl sites for hydroxylation is 1. The lowest BCUT2D eigenvalue weighted by atomic mass is 10.1. The third-order valence-corrected chi connectivity index (χ3v) is 4.46. The molecule has 134 valence electrons. The fraction of sp³-hybridized carbons (Fsp3) is 0.562. The van der Waals surface area contributed by atoms with E-state index in [1.807, 2.05) is 25.4 Å². The van der Waals surface area contributed by atoms with Gasteiger partial charge in [0.15, 0.2) is 5.96 Å². The van der Waals surface area contributed by atoms with Crippen LogP contribution in [0.2, 0.25) is 0 Å². The molecule has 0 aliphatic carbocycles. The van der Waals surface area contributed by atoms with E-state index in [2.05, 4.69) is 51.7 Å². The Labute approximate surface area is 165 Å². The zero-order chi connectivity index (χ0) is 16.7. The predicted molar refractivity (Wildman–Crippen MR) is 111 cm³/mol. The second kappa shape index (κ2) is 10.7. The van der Waals surface area contributed by atoms with Gasteiger partial charge in [0.1, 0.15) is 12.2 Å². The fourth-order valence-corrected chi connectivity index (χ4v) is 3.17. The Kier molecular flexibility index (Phi) is 9.27. The normalized spacial score (nSPS) is 12.6. The van der Waals surface area contributed by atoms with Crippen molar-refractivity contribution in [1.82, 2.24) is 25.0 Å². The van der Waals surface area contributed by atoms with Gasteiger partial charge in [-0.25, -0.2) is 4.98 Å². The molecule has 1 N–H and O–H groups in total. The molecule has 0 saturated carbocycles. The molecule has 0 aliphatic rings. The van der Waals surface area contributed by atoms with Crippen LogP contribution in [-0.2, 0) is 20.0 Å². The summed E-state index contributed by atoms with van der Waals surface area (Å²) in [5.41, 5.74) is 0. The highest BCUT2D eigenvalue weighted by Crippen LogP contribution is 2.14. The zero-order valence-corrected chi connectivity index (χ0v) is 17.9. The third kappa shape index (κ3) is 6.39. The van der Waals surface area contributed by atoms with Crippen molar-refractivity contribution in [2.24, 2.45) is 18.0 Å². The van der Waals surface area contributed by atoms with Crippen LogP contribution in [0.25, 0.3) is 0 Å². The van der Waals surface area contributed by atoms with Gasteiger partial charge in [-0.05, 0) is 30.7 Å². The molecular weight excluding hydrogens is 435 g/mol. The number of hydrogen-bond acceptors (Lipinski definition) is 4. The molecule has 2 rings (SSSR count). The van der Waals surface area contributed by atoms with Crippen LogP contribution < -0.4 is 5.32 Å². The van der Waals surface area contributed by atoms with Gasteiger partial charge in [0, 0.05) is 32.1 Å². The van der Waals surface area contributed by atoms with E-state index in [0.29, 0.717) is 12.5 Å². The summed E-state index contributed by atoms with van der Waals surface area (Å²) < 4.78 is 1.79. The Bertz CT molecular complexity index is 610. The van der Waals surface area contributed by atoms with Crippen LogP contribution in [0, 0.1) is 5.92 Å². The minimum absolute atomic E-state index is 0. The van der Waals surface area contributed by atoms with E-state index >= 15 is 0 Å². The molecule has 0 radical (unpaired) electrons. The van der Waals surface area contributed by atoms with Gasteiger partial charge in [-0.2, -0.15) is 5.10 Å². The van der Waals surface area contributed by atoms with E-state index in [1.54, 1.807) is 11.0 Å². The standard InChI is InChI=1S/C16H26N6S.HI/c1-5-17-16(21(3)11-15-19-12-20-22(15)4)18-10-13(2)9-14-7-6-8-23-14;/h6-8,12-13H,5,9-11H2,1-4H3,(H,17,18);1H. The lowest BCUT2D eigenvalue weighted by molar-refractivity contribution is 0.445. The van der Waals surface area contributed by atoms with Crippen LogP contribution in [0.15, 0.2) is 28.8 Å². The van der Waals surface area contributed by atoms with Crippen LogP contribution >= 0.6 is 35.3 Å². The number of thiophene rings is 1. The van der Waals surface area contributed by atoms with Crippen molar-refractivity contribution in [2.45, 2.75) is 26.8 Å². The van der Waals surface area contributed by atoms with Crippen molar-refractivity contribution < 1.29 is 0 Å². The summed E-state index contributed by atoms with van der Waals surface area (Å²) in [6, 6.07) is 4.30. The first kappa shape index (κ1) is 20.9. The first-order valence-corrected chi connectivity index (χ1v) is 8.82. The van der Waals surface area contributed by atoms with Crippen LogP contribution in [0.3, 0.4) is 0 Å². The number of hydrogen-bond donors (Lipinski definition) is 1. The molecule has 0 bridgehead atoms. The molecule has 1 atom stereocenters. The summed E-state index contributed by atoms with van der Waals surface area (Å²) in [4.78, 5) is 12.6. The van der Waals surface area contributed by atoms with E-state index in [-0.39, 0.29) is 24.0 Å². The molecule has 2 aromatic heterocycles. The maximum atomic E-state index is 4.78. The maximum absolute atomic E-state index is 4.78. The predicted octanol–water partition coefficient (Wildman–Crippen LogP) is 2.77. The smallest absolute Gasteiger partial charge is 0.194 e. The second-order valence-electron chi connectivity index (χ2n) is 5.74. The summed E-state index contributed by atoms with van der Waals surface area (Å²) in [5, 5.41) is 9.59. The highest BCUT2D eigenvalue weighted by atomic mass is 127. The van der Waals surface area contributed by atoms with Gasteiger partial charge in [0.25, 0.3) is 0 Å². The van der Waals surface area contributed by atoms with Gasteiger partial charge >= 0.3 is 0 Å². The molecule has 6 nitrogen and oxygen atoms in total. The van der Waals surface area contributed by atoms with E-state index in [9.17, 15) is 0 Å². The minimum atomic E-state index is 0. The monoisotopic (exact) mass is 462 g/mol. The number of rotatable bonds is 7. The zero-order valence-electron chi connectivity index (χ0n) is 14.8. The summed E-state index contributed by atoms with van der Waals surface area (Å²) in [7, 11) is 3.93. The molecule has 2 heterocycles. The Hall–Kier alpha value is -1.16. The topological polar surface area (TPSA) is 58.3 Å². The fourth-order valence-electron chi connectivity index (χ4n) is 2.30. The molecule has 0 aromatic carbocycles. The van der Waals surface area contributed by atoms with Crippen molar-refractivity contribution in [3.63, 3.8) is 0 Å². The van der Waals surface area contributed by atoms with Gasteiger partial charge in [0.2, 0.25) is 0 Å². The number of guanidine groups is 1. The molecule has 8 heteroatoms. The van der Waals surface area contributed by atoms with E-state index in [4.69, 9.17) is 4.99 Å². The Morgan fingerprint density at radius 2 is 2.29 bits per heavy atom. The second-order valence-corrected chi connectivity index (χ2v) is 6.77. The minimum Gasteiger partial charge on any atom is -0.357 e. The van der Waals surface area contributed by atoms with E-state index < -0.39 is 0 Å². The average molecular weight is 462 g/mol. The van der Waals surface area contributed by atoms with Gasteiger partial charge < -0.3 is 10.2 Å². The van der Waals surface area contributed by atoms with Crippen molar-refractivity contribution in [3.8, 4) is 0 Å². The Morgan fingerprint density at radius 1 is 1.50 bits per heavy atom. The van der Waals surface area contributed by atoms with Gasteiger partial charge in [-0.15, -0.1) is 35.3 Å². The molecular formula is C16H27IN6S. The Morgan fingerprint density at radius 3 is 2.88 bits per heavy atom. The summed E-state index contributed by atoms with van der Waals surface area (Å²) in [5.74, 6) is 2.35. The molecule has 0 fully saturated rings. The molecule has 0 amide bonds. The number of halogens is 1. The first-order chi connectivity index (χ1) is 11.1. The van der Waals surface area contributed by atoms with Gasteiger partial charge in [-0.1, -0.05) is 13.0 Å². The molecule has 1 unspecified atom stereocenters. The highest BCUT2D eigenvalue weighted by Gasteiger charge is 2.11.